The van der Waals surface area contributed by atoms with E-state index in [1.165, 1.54) is 18.3 Å². The fourth-order valence-electron chi connectivity index (χ4n) is 2.12. The fraction of sp³-hybridized carbons (Fsp3) is 0.188. The summed E-state index contributed by atoms with van der Waals surface area (Å²) in [5.74, 6) is -1.48. The van der Waals surface area contributed by atoms with Gasteiger partial charge in [-0.25, -0.2) is 9.78 Å². The third-order valence-electron chi connectivity index (χ3n) is 3.24. The van der Waals surface area contributed by atoms with Crippen molar-refractivity contribution in [1.82, 2.24) is 10.3 Å². The predicted octanol–water partition coefficient (Wildman–Crippen LogP) is 2.58. The van der Waals surface area contributed by atoms with Crippen molar-refractivity contribution in [2.24, 2.45) is 0 Å². The number of aryl methyl sites for hydroxylation is 1. The highest BCUT2D eigenvalue weighted by Gasteiger charge is 2.14. The number of pyridine rings is 1. The monoisotopic (exact) mass is 284 g/mol. The average molecular weight is 284 g/mol. The summed E-state index contributed by atoms with van der Waals surface area (Å²) in [5, 5.41) is 11.8. The molecule has 2 rings (SSSR count). The van der Waals surface area contributed by atoms with Gasteiger partial charge in [0.1, 0.15) is 5.69 Å². The van der Waals surface area contributed by atoms with Gasteiger partial charge in [-0.05, 0) is 37.1 Å². The van der Waals surface area contributed by atoms with E-state index in [1.54, 1.807) is 0 Å². The minimum absolute atomic E-state index is 0.147. The first-order valence-corrected chi connectivity index (χ1v) is 6.55. The lowest BCUT2D eigenvalue weighted by atomic mass is 10.0. The number of nitrogens with one attached hydrogen (secondary N) is 1. The van der Waals surface area contributed by atoms with Crippen molar-refractivity contribution in [1.29, 1.82) is 0 Å². The van der Waals surface area contributed by atoms with Gasteiger partial charge in [-0.3, -0.25) is 4.79 Å². The Bertz CT molecular complexity index is 683. The van der Waals surface area contributed by atoms with Gasteiger partial charge < -0.3 is 10.4 Å². The van der Waals surface area contributed by atoms with Crippen LogP contribution in [-0.2, 0) is 0 Å². The minimum Gasteiger partial charge on any atom is -0.477 e. The number of carbonyl (C=O) groups excluding carboxylic acids is 1. The normalized spacial score (nSPS) is 11.7. The van der Waals surface area contributed by atoms with Crippen LogP contribution in [0.1, 0.15) is 44.9 Å². The van der Waals surface area contributed by atoms with Gasteiger partial charge in [0.25, 0.3) is 5.91 Å². The molecule has 2 aromatic rings. The van der Waals surface area contributed by atoms with E-state index in [9.17, 15) is 9.59 Å². The second-order valence-electron chi connectivity index (χ2n) is 4.79. The molecular formula is C16H16N2O3. The van der Waals surface area contributed by atoms with E-state index in [-0.39, 0.29) is 23.2 Å². The van der Waals surface area contributed by atoms with E-state index < -0.39 is 5.97 Å². The third kappa shape index (κ3) is 3.45. The van der Waals surface area contributed by atoms with Crippen LogP contribution in [-0.4, -0.2) is 22.0 Å². The highest BCUT2D eigenvalue weighted by molar-refractivity contribution is 5.96. The average Bonchev–Trinajstić information content (AvgIpc) is 2.47. The van der Waals surface area contributed by atoms with Crippen LogP contribution < -0.4 is 5.32 Å². The molecule has 1 aromatic heterocycles. The topological polar surface area (TPSA) is 79.3 Å². The van der Waals surface area contributed by atoms with Crippen molar-refractivity contribution in [2.75, 3.05) is 0 Å². The summed E-state index contributed by atoms with van der Waals surface area (Å²) in [4.78, 5) is 26.7. The molecule has 108 valence electrons. The molecule has 0 aliphatic carbocycles. The van der Waals surface area contributed by atoms with Crippen LogP contribution in [0.4, 0.5) is 0 Å². The highest BCUT2D eigenvalue weighted by Crippen LogP contribution is 2.17. The molecule has 0 saturated heterocycles. The van der Waals surface area contributed by atoms with Crippen molar-refractivity contribution >= 4 is 11.9 Å². The Balaban J connectivity index is 2.16. The number of aromatic carboxylic acids is 1. The van der Waals surface area contributed by atoms with Gasteiger partial charge in [0, 0.05) is 11.8 Å². The summed E-state index contributed by atoms with van der Waals surface area (Å²) < 4.78 is 0. The molecule has 0 saturated carbocycles. The zero-order valence-electron chi connectivity index (χ0n) is 11.8. The van der Waals surface area contributed by atoms with Crippen LogP contribution >= 0.6 is 0 Å². The Hall–Kier alpha value is -2.69. The zero-order valence-corrected chi connectivity index (χ0v) is 11.8. The molecule has 1 atom stereocenters. The molecule has 1 amide bonds. The van der Waals surface area contributed by atoms with Gasteiger partial charge in [0.05, 0.1) is 6.04 Å². The lowest BCUT2D eigenvalue weighted by Gasteiger charge is -2.16. The second-order valence-corrected chi connectivity index (χ2v) is 4.79. The molecule has 5 heteroatoms. The molecule has 0 fully saturated rings. The molecule has 0 aliphatic heterocycles. The summed E-state index contributed by atoms with van der Waals surface area (Å²) in [5.41, 5.74) is 2.25. The Labute approximate surface area is 122 Å². The molecular weight excluding hydrogens is 268 g/mol. The number of nitrogens with zero attached hydrogens (tertiary/aromatic N) is 1. The largest absolute Gasteiger partial charge is 0.477 e. The smallest absolute Gasteiger partial charge is 0.354 e. The maximum absolute atomic E-state index is 12.2. The van der Waals surface area contributed by atoms with Crippen molar-refractivity contribution in [3.05, 3.63) is 65.0 Å². The maximum Gasteiger partial charge on any atom is 0.354 e. The summed E-state index contributed by atoms with van der Waals surface area (Å²) in [6, 6.07) is 10.4. The first-order valence-electron chi connectivity index (χ1n) is 6.55. The van der Waals surface area contributed by atoms with Crippen molar-refractivity contribution in [3.63, 3.8) is 0 Å². The molecule has 0 radical (unpaired) electrons. The van der Waals surface area contributed by atoms with E-state index in [0.29, 0.717) is 0 Å². The van der Waals surface area contributed by atoms with Crippen LogP contribution in [0.5, 0.6) is 0 Å². The molecule has 5 nitrogen and oxygen atoms in total. The van der Waals surface area contributed by atoms with E-state index >= 15 is 0 Å². The standard InChI is InChI=1S/C16H16N2O3/c1-10-5-3-4-6-13(10)11(2)18-15(19)12-7-8-17-14(9-12)16(20)21/h3-9,11H,1-2H3,(H,18,19)(H,20,21). The summed E-state index contributed by atoms with van der Waals surface area (Å²) in [7, 11) is 0. The molecule has 0 spiro atoms. The van der Waals surface area contributed by atoms with Gasteiger partial charge in [0.2, 0.25) is 0 Å². The van der Waals surface area contributed by atoms with E-state index in [1.807, 2.05) is 38.1 Å². The van der Waals surface area contributed by atoms with Crippen LogP contribution in [0.25, 0.3) is 0 Å². The Morgan fingerprint density at radius 2 is 1.95 bits per heavy atom. The van der Waals surface area contributed by atoms with Crippen molar-refractivity contribution in [3.8, 4) is 0 Å². The van der Waals surface area contributed by atoms with Crippen LogP contribution in [0.2, 0.25) is 0 Å². The van der Waals surface area contributed by atoms with E-state index in [0.717, 1.165) is 11.1 Å². The summed E-state index contributed by atoms with van der Waals surface area (Å²) in [6.45, 7) is 3.87. The predicted molar refractivity (Wildman–Crippen MR) is 78.3 cm³/mol. The number of hydrogen-bond donors (Lipinski definition) is 2. The van der Waals surface area contributed by atoms with Crippen molar-refractivity contribution < 1.29 is 14.7 Å². The quantitative estimate of drug-likeness (QED) is 0.904. The molecule has 1 unspecified atom stereocenters. The number of benzene rings is 1. The number of hydrogen-bond acceptors (Lipinski definition) is 3. The molecule has 0 bridgehead atoms. The Kier molecular flexibility index (Phi) is 4.33. The Morgan fingerprint density at radius 3 is 2.62 bits per heavy atom. The molecule has 1 aromatic carbocycles. The van der Waals surface area contributed by atoms with Crippen molar-refractivity contribution in [2.45, 2.75) is 19.9 Å². The first-order chi connectivity index (χ1) is 9.99. The zero-order chi connectivity index (χ0) is 15.4. The molecule has 21 heavy (non-hydrogen) atoms. The third-order valence-corrected chi connectivity index (χ3v) is 3.24. The lowest BCUT2D eigenvalue weighted by molar-refractivity contribution is 0.0690. The number of carboxylic acids is 1. The Morgan fingerprint density at radius 1 is 1.24 bits per heavy atom. The number of carboxylic acid groups (broad SMARTS) is 1. The number of aromatic nitrogens is 1. The van der Waals surface area contributed by atoms with Gasteiger partial charge in [-0.15, -0.1) is 0 Å². The SMILES string of the molecule is Cc1ccccc1C(C)NC(=O)c1ccnc(C(=O)O)c1. The number of rotatable bonds is 4. The van der Waals surface area contributed by atoms with Crippen LogP contribution in [0.3, 0.4) is 0 Å². The number of carbonyl (C=O) groups is 2. The maximum atomic E-state index is 12.2. The number of amides is 1. The summed E-state index contributed by atoms with van der Waals surface area (Å²) >= 11 is 0. The second kappa shape index (κ2) is 6.17. The highest BCUT2D eigenvalue weighted by atomic mass is 16.4. The first kappa shape index (κ1) is 14.7. The van der Waals surface area contributed by atoms with Crippen LogP contribution in [0.15, 0.2) is 42.6 Å². The van der Waals surface area contributed by atoms with Gasteiger partial charge >= 0.3 is 5.97 Å². The van der Waals surface area contributed by atoms with E-state index in [2.05, 4.69) is 10.3 Å². The fourth-order valence-corrected chi connectivity index (χ4v) is 2.12. The van der Waals surface area contributed by atoms with Gasteiger partial charge in [-0.2, -0.15) is 0 Å². The summed E-state index contributed by atoms with van der Waals surface area (Å²) in [6.07, 6.45) is 1.32. The minimum atomic E-state index is -1.16. The molecule has 2 N–H and O–H groups in total. The van der Waals surface area contributed by atoms with Gasteiger partial charge in [0.15, 0.2) is 0 Å². The van der Waals surface area contributed by atoms with E-state index in [4.69, 9.17) is 5.11 Å². The van der Waals surface area contributed by atoms with Crippen LogP contribution in [0, 0.1) is 6.92 Å². The lowest BCUT2D eigenvalue weighted by Crippen LogP contribution is -2.27. The van der Waals surface area contributed by atoms with Gasteiger partial charge in [-0.1, -0.05) is 24.3 Å². The molecule has 0 aliphatic rings. The molecule has 1 heterocycles.